The molecular formula is C2H11N6O3P. The van der Waals surface area contributed by atoms with Gasteiger partial charge in [0.15, 0.2) is 0 Å². The largest absolute Gasteiger partial charge is 0.351 e. The highest BCUT2D eigenvalue weighted by Crippen LogP contribution is 2.06. The zero-order chi connectivity index (χ0) is 10.4. The molecule has 0 saturated heterocycles. The maximum Gasteiger partial charge on any atom is 0.320 e. The van der Waals surface area contributed by atoms with Crippen LogP contribution in [-0.4, -0.2) is 12.1 Å². The van der Waals surface area contributed by atoms with Crippen molar-refractivity contribution in [2.24, 2.45) is 28.0 Å². The number of hydrogen-bond acceptors (Lipinski definition) is 3. The van der Waals surface area contributed by atoms with Gasteiger partial charge in [0.1, 0.15) is 0 Å². The molecule has 0 atom stereocenters. The van der Waals surface area contributed by atoms with Crippen LogP contribution in [0.5, 0.6) is 0 Å². The molecule has 0 rings (SSSR count). The van der Waals surface area contributed by atoms with Gasteiger partial charge in [0.05, 0.1) is 0 Å². The second kappa shape index (κ2) is 5.49. The Bertz CT molecular complexity index is 189. The number of carbonyl (C=O) groups is 2. The summed E-state index contributed by atoms with van der Waals surface area (Å²) >= 11 is 0. The second-order valence-corrected chi connectivity index (χ2v) is 3.14. The average Bonchev–Trinajstić information content (AvgIpc) is 1.52. The van der Waals surface area contributed by atoms with E-state index in [-0.39, 0.29) is 0 Å². The molecule has 0 fully saturated rings. The Labute approximate surface area is 68.1 Å². The number of urea groups is 2. The number of rotatable bonds is 0. The smallest absolute Gasteiger partial charge is 0.320 e. The first-order valence-electron chi connectivity index (χ1n) is 2.44. The van der Waals surface area contributed by atoms with Crippen LogP contribution in [0.1, 0.15) is 0 Å². The molecule has 0 aromatic rings. The van der Waals surface area contributed by atoms with E-state index in [4.69, 9.17) is 0 Å². The third-order valence-corrected chi connectivity index (χ3v) is 0.246. The van der Waals surface area contributed by atoms with E-state index in [9.17, 15) is 14.2 Å². The fourth-order valence-corrected chi connectivity index (χ4v) is 0.121. The Morgan fingerprint density at radius 3 is 1.17 bits per heavy atom. The van der Waals surface area contributed by atoms with Gasteiger partial charge in [-0.25, -0.2) is 9.59 Å². The molecule has 0 aliphatic rings. The van der Waals surface area contributed by atoms with Crippen molar-refractivity contribution in [3.63, 3.8) is 0 Å². The third-order valence-electron chi connectivity index (χ3n) is 0.246. The molecule has 0 saturated carbocycles. The SMILES string of the molecule is NC(=O)NC(N)=O.NP(N)(N)=O. The standard InChI is InChI=1S/C2H5N3O2.H6N3OP/c3-1(6)5-2(4)7;1-5(2,3)4/h(H5,3,4,5,6,7);(H6,1,2,3,4). The maximum absolute atomic E-state index is 9.62. The van der Waals surface area contributed by atoms with Crippen molar-refractivity contribution in [2.45, 2.75) is 0 Å². The summed E-state index contributed by atoms with van der Waals surface area (Å²) in [6.07, 6.45) is 0. The van der Waals surface area contributed by atoms with Crippen LogP contribution in [0.3, 0.4) is 0 Å². The monoisotopic (exact) mass is 198 g/mol. The highest BCUT2D eigenvalue weighted by molar-refractivity contribution is 7.56. The fraction of sp³-hybridized carbons (Fsp3) is 0. The van der Waals surface area contributed by atoms with Gasteiger partial charge < -0.3 is 11.5 Å². The van der Waals surface area contributed by atoms with Crippen molar-refractivity contribution in [3.8, 4) is 0 Å². The first-order valence-corrected chi connectivity index (χ1v) is 4.36. The molecule has 0 aliphatic carbocycles. The summed E-state index contributed by atoms with van der Waals surface area (Å²) in [6, 6.07) is -1.88. The van der Waals surface area contributed by atoms with Gasteiger partial charge in [-0.3, -0.25) is 26.4 Å². The lowest BCUT2D eigenvalue weighted by molar-refractivity contribution is 0.236. The number of hydrogen-bond donors (Lipinski definition) is 6. The lowest BCUT2D eigenvalue weighted by Crippen LogP contribution is -2.38. The molecule has 72 valence electrons. The zero-order valence-electron chi connectivity index (χ0n) is 6.06. The Morgan fingerprint density at radius 1 is 1.00 bits per heavy atom. The lowest BCUT2D eigenvalue weighted by atomic mass is 10.9. The van der Waals surface area contributed by atoms with Crippen LogP contribution in [-0.2, 0) is 4.57 Å². The van der Waals surface area contributed by atoms with E-state index < -0.39 is 19.7 Å². The molecule has 12 heavy (non-hydrogen) atoms. The van der Waals surface area contributed by atoms with E-state index in [0.717, 1.165) is 0 Å². The quantitative estimate of drug-likeness (QED) is 0.237. The molecule has 0 aromatic carbocycles. The van der Waals surface area contributed by atoms with Crippen molar-refractivity contribution < 1.29 is 14.2 Å². The Kier molecular flexibility index (Phi) is 6.15. The Balaban J connectivity index is 0. The summed E-state index contributed by atoms with van der Waals surface area (Å²) in [5.41, 5.74) is 22.3. The molecule has 9 nitrogen and oxygen atoms in total. The predicted molar refractivity (Wildman–Crippen MR) is 42.5 cm³/mol. The summed E-state index contributed by atoms with van der Waals surface area (Å²) in [7, 11) is -3.14. The van der Waals surface area contributed by atoms with Gasteiger partial charge in [-0.05, 0) is 0 Å². The van der Waals surface area contributed by atoms with Crippen molar-refractivity contribution in [1.82, 2.24) is 5.32 Å². The second-order valence-electron chi connectivity index (χ2n) is 1.62. The zero-order valence-corrected chi connectivity index (χ0v) is 6.95. The van der Waals surface area contributed by atoms with Gasteiger partial charge in [-0.2, -0.15) is 0 Å². The number of amides is 4. The van der Waals surface area contributed by atoms with Crippen molar-refractivity contribution in [3.05, 3.63) is 0 Å². The van der Waals surface area contributed by atoms with Crippen molar-refractivity contribution in [1.29, 1.82) is 0 Å². The number of carbonyl (C=O) groups excluding carboxylic acids is 2. The van der Waals surface area contributed by atoms with Crippen LogP contribution in [0.25, 0.3) is 0 Å². The number of nitrogens with two attached hydrogens (primary N) is 5. The van der Waals surface area contributed by atoms with E-state index in [1.54, 1.807) is 5.32 Å². The van der Waals surface area contributed by atoms with E-state index >= 15 is 0 Å². The van der Waals surface area contributed by atoms with Crippen molar-refractivity contribution in [2.75, 3.05) is 0 Å². The predicted octanol–water partition coefficient (Wildman–Crippen LogP) is -2.30. The minimum atomic E-state index is -3.14. The third kappa shape index (κ3) is 67.1. The van der Waals surface area contributed by atoms with E-state index in [1.165, 1.54) is 0 Å². The van der Waals surface area contributed by atoms with E-state index in [0.29, 0.717) is 0 Å². The van der Waals surface area contributed by atoms with Crippen LogP contribution in [0.4, 0.5) is 9.59 Å². The topological polar surface area (TPSA) is 193 Å². The van der Waals surface area contributed by atoms with Crippen LogP contribution in [0, 0.1) is 0 Å². The molecule has 0 heterocycles. The lowest BCUT2D eigenvalue weighted by Gasteiger charge is -1.88. The average molecular weight is 198 g/mol. The van der Waals surface area contributed by atoms with Crippen LogP contribution in [0.15, 0.2) is 0 Å². The Morgan fingerprint density at radius 2 is 1.17 bits per heavy atom. The molecule has 0 spiro atoms. The highest BCUT2D eigenvalue weighted by Gasteiger charge is 1.92. The molecule has 0 unspecified atom stereocenters. The van der Waals surface area contributed by atoms with E-state index in [2.05, 4.69) is 28.0 Å². The molecular weight excluding hydrogens is 187 g/mol. The summed E-state index contributed by atoms with van der Waals surface area (Å²) in [6.45, 7) is 0. The first kappa shape index (κ1) is 13.4. The van der Waals surface area contributed by atoms with Crippen LogP contribution in [0.2, 0.25) is 0 Å². The van der Waals surface area contributed by atoms with Gasteiger partial charge in [0.25, 0.3) is 7.59 Å². The minimum Gasteiger partial charge on any atom is -0.351 e. The fourth-order valence-electron chi connectivity index (χ4n) is 0.121. The Hall–Kier alpha value is -1.15. The van der Waals surface area contributed by atoms with Gasteiger partial charge in [0.2, 0.25) is 0 Å². The first-order chi connectivity index (χ1) is 5.13. The van der Waals surface area contributed by atoms with Gasteiger partial charge in [-0.1, -0.05) is 0 Å². The van der Waals surface area contributed by atoms with Gasteiger partial charge >= 0.3 is 12.1 Å². The summed E-state index contributed by atoms with van der Waals surface area (Å²) in [5.74, 6) is 0. The number of primary amides is 2. The van der Waals surface area contributed by atoms with Crippen LogP contribution >= 0.6 is 7.59 Å². The maximum atomic E-state index is 9.62. The summed E-state index contributed by atoms with van der Waals surface area (Å²) in [4.78, 5) is 19.2. The molecule has 4 amide bonds. The minimum absolute atomic E-state index is 0.937. The summed E-state index contributed by atoms with van der Waals surface area (Å²) in [5, 5.41) is 1.58. The van der Waals surface area contributed by atoms with Crippen LogP contribution < -0.4 is 33.3 Å². The normalized spacial score (nSPS) is 9.25. The molecule has 0 radical (unpaired) electrons. The highest BCUT2D eigenvalue weighted by atomic mass is 31.2. The van der Waals surface area contributed by atoms with Crippen molar-refractivity contribution >= 4 is 19.7 Å². The molecule has 0 aromatic heterocycles. The van der Waals surface area contributed by atoms with Gasteiger partial charge in [-0.15, -0.1) is 0 Å². The summed E-state index contributed by atoms with van der Waals surface area (Å²) < 4.78 is 9.55. The number of nitrogens with one attached hydrogen (secondary N) is 1. The number of imide groups is 1. The van der Waals surface area contributed by atoms with Gasteiger partial charge in [0, 0.05) is 0 Å². The van der Waals surface area contributed by atoms with E-state index in [1.807, 2.05) is 0 Å². The molecule has 10 heteroatoms. The molecule has 0 aliphatic heterocycles. The molecule has 0 bridgehead atoms. The molecule has 11 N–H and O–H groups in total.